The van der Waals surface area contributed by atoms with Crippen LogP contribution in [0.5, 0.6) is 0 Å². The van der Waals surface area contributed by atoms with Gasteiger partial charge >= 0.3 is 0 Å². The highest BCUT2D eigenvalue weighted by Crippen LogP contribution is 2.27. The van der Waals surface area contributed by atoms with Crippen LogP contribution in [0.25, 0.3) is 21.8 Å². The van der Waals surface area contributed by atoms with Gasteiger partial charge in [0.2, 0.25) is 5.91 Å². The van der Waals surface area contributed by atoms with Gasteiger partial charge < -0.3 is 15.6 Å². The Balaban J connectivity index is 1.37. The molecule has 0 aliphatic carbocycles. The summed E-state index contributed by atoms with van der Waals surface area (Å²) in [5.41, 5.74) is 4.22. The van der Waals surface area contributed by atoms with Crippen molar-refractivity contribution in [3.63, 3.8) is 0 Å². The lowest BCUT2D eigenvalue weighted by molar-refractivity contribution is -0.122. The van der Waals surface area contributed by atoms with E-state index in [1.165, 1.54) is 5.56 Å². The first-order chi connectivity index (χ1) is 15.0. The van der Waals surface area contributed by atoms with Crippen molar-refractivity contribution < 1.29 is 9.59 Å². The number of H-pyrrole nitrogens is 1. The van der Waals surface area contributed by atoms with Crippen LogP contribution >= 0.6 is 0 Å². The molecule has 0 aliphatic heterocycles. The van der Waals surface area contributed by atoms with E-state index in [0.29, 0.717) is 12.2 Å². The van der Waals surface area contributed by atoms with Crippen molar-refractivity contribution >= 4 is 33.6 Å². The van der Waals surface area contributed by atoms with Gasteiger partial charge in [0.05, 0.1) is 11.2 Å². The Bertz CT molecular complexity index is 1230. The molecule has 158 valence electrons. The zero-order valence-corrected chi connectivity index (χ0v) is 17.7. The van der Waals surface area contributed by atoms with E-state index in [9.17, 15) is 9.59 Å². The fourth-order valence-corrected chi connectivity index (χ4v) is 3.76. The quantitative estimate of drug-likeness (QED) is 0.401. The summed E-state index contributed by atoms with van der Waals surface area (Å²) in [6.07, 6.45) is 1.74. The first-order valence-electron chi connectivity index (χ1n) is 10.5. The highest BCUT2D eigenvalue weighted by Gasteiger charge is 2.19. The minimum absolute atomic E-state index is 0.202. The zero-order valence-electron chi connectivity index (χ0n) is 17.7. The average molecular weight is 415 g/mol. The standard InChI is InChI=1S/C25H26N4O2/c1-16-23-20(19-12-6-7-13-21(19)29-23)15-22(27-16)25(31)28-17(2)24(30)26-14-8-11-18-9-4-3-5-10-18/h3-7,9-10,12-13,15,17,29H,8,11,14H2,1-2H3,(H,26,30)(H,28,31)/t17-/m0/s1. The number of benzene rings is 2. The Morgan fingerprint density at radius 1 is 1.03 bits per heavy atom. The number of carbonyl (C=O) groups is 2. The van der Waals surface area contributed by atoms with E-state index in [4.69, 9.17) is 0 Å². The number of aromatic amines is 1. The molecule has 0 saturated carbocycles. The summed E-state index contributed by atoms with van der Waals surface area (Å²) in [7, 11) is 0. The van der Waals surface area contributed by atoms with E-state index in [1.807, 2.05) is 49.4 Å². The van der Waals surface area contributed by atoms with Crippen LogP contribution in [0, 0.1) is 6.92 Å². The third-order valence-electron chi connectivity index (χ3n) is 5.44. The Morgan fingerprint density at radius 2 is 1.77 bits per heavy atom. The lowest BCUT2D eigenvalue weighted by Crippen LogP contribution is -2.45. The Hall–Kier alpha value is -3.67. The maximum Gasteiger partial charge on any atom is 0.270 e. The van der Waals surface area contributed by atoms with E-state index < -0.39 is 6.04 Å². The summed E-state index contributed by atoms with van der Waals surface area (Å²) in [5.74, 6) is -0.562. The van der Waals surface area contributed by atoms with Crippen molar-refractivity contribution in [3.05, 3.63) is 77.6 Å². The van der Waals surface area contributed by atoms with Crippen LogP contribution in [0.15, 0.2) is 60.7 Å². The molecule has 2 aromatic carbocycles. The highest BCUT2D eigenvalue weighted by atomic mass is 16.2. The SMILES string of the molecule is Cc1nc(C(=O)N[C@@H](C)C(=O)NCCCc2ccccc2)cc2c1[nH]c1ccccc12. The molecule has 3 N–H and O–H groups in total. The largest absolute Gasteiger partial charge is 0.354 e. The van der Waals surface area contributed by atoms with Gasteiger partial charge in [-0.25, -0.2) is 4.98 Å². The second-order valence-corrected chi connectivity index (χ2v) is 7.76. The second kappa shape index (κ2) is 9.00. The number of nitrogens with one attached hydrogen (secondary N) is 3. The Labute approximate surface area is 181 Å². The van der Waals surface area contributed by atoms with E-state index >= 15 is 0 Å². The van der Waals surface area contributed by atoms with Crippen LogP contribution < -0.4 is 10.6 Å². The van der Waals surface area contributed by atoms with Crippen molar-refractivity contribution in [3.8, 4) is 0 Å². The van der Waals surface area contributed by atoms with Crippen molar-refractivity contribution in [1.82, 2.24) is 20.6 Å². The summed E-state index contributed by atoms with van der Waals surface area (Å²) in [5, 5.41) is 7.65. The third-order valence-corrected chi connectivity index (χ3v) is 5.44. The van der Waals surface area contributed by atoms with Crippen molar-refractivity contribution in [2.24, 2.45) is 0 Å². The maximum atomic E-state index is 12.8. The van der Waals surface area contributed by atoms with Gasteiger partial charge in [0, 0.05) is 22.8 Å². The molecule has 2 aromatic heterocycles. The molecule has 6 heteroatoms. The molecular weight excluding hydrogens is 388 g/mol. The Kier molecular flexibility index (Phi) is 5.98. The first kappa shape index (κ1) is 20.6. The number of nitrogens with zero attached hydrogens (tertiary/aromatic N) is 1. The Morgan fingerprint density at radius 3 is 2.58 bits per heavy atom. The molecule has 6 nitrogen and oxygen atoms in total. The molecule has 0 spiro atoms. The van der Waals surface area contributed by atoms with Gasteiger partial charge in [-0.2, -0.15) is 0 Å². The van der Waals surface area contributed by atoms with Crippen molar-refractivity contribution in [2.75, 3.05) is 6.54 Å². The van der Waals surface area contributed by atoms with E-state index in [0.717, 1.165) is 40.3 Å². The van der Waals surface area contributed by atoms with Crippen LogP contribution in [0.4, 0.5) is 0 Å². The number of amides is 2. The van der Waals surface area contributed by atoms with Crippen LogP contribution in [-0.2, 0) is 11.2 Å². The van der Waals surface area contributed by atoms with Gasteiger partial charge in [-0.1, -0.05) is 48.5 Å². The molecule has 1 atom stereocenters. The highest BCUT2D eigenvalue weighted by molar-refractivity contribution is 6.10. The molecule has 0 radical (unpaired) electrons. The number of fused-ring (bicyclic) bond motifs is 3. The summed E-state index contributed by atoms with van der Waals surface area (Å²) in [6.45, 7) is 4.12. The lowest BCUT2D eigenvalue weighted by Gasteiger charge is -2.14. The summed E-state index contributed by atoms with van der Waals surface area (Å²) in [6, 6.07) is 19.2. The number of hydrogen-bond acceptors (Lipinski definition) is 3. The number of carbonyl (C=O) groups excluding carboxylic acids is 2. The van der Waals surface area contributed by atoms with Gasteiger partial charge in [0.1, 0.15) is 11.7 Å². The fourth-order valence-electron chi connectivity index (χ4n) is 3.76. The van der Waals surface area contributed by atoms with Crippen molar-refractivity contribution in [1.29, 1.82) is 0 Å². The number of aromatic nitrogens is 2. The molecule has 0 bridgehead atoms. The molecular formula is C25H26N4O2. The van der Waals surface area contributed by atoms with Crippen LogP contribution in [0.3, 0.4) is 0 Å². The predicted molar refractivity (Wildman–Crippen MR) is 123 cm³/mol. The van der Waals surface area contributed by atoms with E-state index in [1.54, 1.807) is 13.0 Å². The monoisotopic (exact) mass is 414 g/mol. The number of rotatable bonds is 7. The van der Waals surface area contributed by atoms with Gasteiger partial charge in [0.25, 0.3) is 5.91 Å². The topological polar surface area (TPSA) is 86.9 Å². The minimum atomic E-state index is -0.648. The molecule has 0 saturated heterocycles. The lowest BCUT2D eigenvalue weighted by atomic mass is 10.1. The average Bonchev–Trinajstić information content (AvgIpc) is 3.16. The summed E-state index contributed by atoms with van der Waals surface area (Å²) in [4.78, 5) is 32.9. The molecule has 0 fully saturated rings. The molecule has 4 rings (SSSR count). The van der Waals surface area contributed by atoms with Crippen LogP contribution in [0.2, 0.25) is 0 Å². The molecule has 2 heterocycles. The maximum absolute atomic E-state index is 12.8. The number of hydrogen-bond donors (Lipinski definition) is 3. The second-order valence-electron chi connectivity index (χ2n) is 7.76. The molecule has 31 heavy (non-hydrogen) atoms. The summed E-state index contributed by atoms with van der Waals surface area (Å²) >= 11 is 0. The van der Waals surface area contributed by atoms with Gasteiger partial charge in [-0.15, -0.1) is 0 Å². The van der Waals surface area contributed by atoms with E-state index in [2.05, 4.69) is 32.7 Å². The smallest absolute Gasteiger partial charge is 0.270 e. The summed E-state index contributed by atoms with van der Waals surface area (Å²) < 4.78 is 0. The number of pyridine rings is 1. The third kappa shape index (κ3) is 4.58. The minimum Gasteiger partial charge on any atom is -0.354 e. The number of para-hydroxylation sites is 1. The normalized spacial score (nSPS) is 12.1. The fraction of sp³-hybridized carbons (Fsp3) is 0.240. The van der Waals surface area contributed by atoms with Crippen molar-refractivity contribution in [2.45, 2.75) is 32.7 Å². The predicted octanol–water partition coefficient (Wildman–Crippen LogP) is 3.89. The molecule has 0 unspecified atom stereocenters. The van der Waals surface area contributed by atoms with Gasteiger partial charge in [-0.3, -0.25) is 9.59 Å². The van der Waals surface area contributed by atoms with Crippen LogP contribution in [-0.4, -0.2) is 34.4 Å². The molecule has 2 amide bonds. The van der Waals surface area contributed by atoms with E-state index in [-0.39, 0.29) is 11.8 Å². The molecule has 4 aromatic rings. The first-order valence-corrected chi connectivity index (χ1v) is 10.5. The van der Waals surface area contributed by atoms with Gasteiger partial charge in [0.15, 0.2) is 0 Å². The van der Waals surface area contributed by atoms with Gasteiger partial charge in [-0.05, 0) is 44.4 Å². The zero-order chi connectivity index (χ0) is 21.8. The number of aryl methyl sites for hydroxylation is 2. The molecule has 0 aliphatic rings. The van der Waals surface area contributed by atoms with Crippen LogP contribution in [0.1, 0.15) is 35.1 Å².